The van der Waals surface area contributed by atoms with Gasteiger partial charge >= 0.3 is 19.5 Å². The van der Waals surface area contributed by atoms with Gasteiger partial charge in [0.25, 0.3) is 0 Å². The maximum absolute atomic E-state index is 13.7. The zero-order valence-corrected chi connectivity index (χ0v) is 25.0. The number of nitrogen functional groups attached to an aromatic ring is 1. The van der Waals surface area contributed by atoms with Crippen LogP contribution in [0.2, 0.25) is 0 Å². The van der Waals surface area contributed by atoms with Gasteiger partial charge in [-0.2, -0.15) is 9.97 Å². The standard InChI is InChI=1S/C24H35N6O11P/c1-13(31)36-8-7-27-42(34,37-10-14-18(23(2,3)4)41-22(32)39-14)38-11-15-24(5,33)9-16(40-15)30-12-26-17-19(30)28-21(25)29-20(17)35-6/h12,15-16,33H,7-11H2,1-6H3,(H,27,34)(H2,25,28,29). The van der Waals surface area contributed by atoms with E-state index < -0.39 is 49.5 Å². The molecule has 232 valence electrons. The third-order valence-corrected chi connectivity index (χ3v) is 7.88. The Hall–Kier alpha value is -3.34. The van der Waals surface area contributed by atoms with Gasteiger partial charge in [-0.25, -0.2) is 19.4 Å². The first kappa shape index (κ1) is 31.6. The first-order chi connectivity index (χ1) is 19.6. The Morgan fingerprint density at radius 3 is 2.71 bits per heavy atom. The highest BCUT2D eigenvalue weighted by atomic mass is 31.2. The fourth-order valence-electron chi connectivity index (χ4n) is 4.30. The van der Waals surface area contributed by atoms with Crippen LogP contribution in [0.4, 0.5) is 5.95 Å². The lowest BCUT2D eigenvalue weighted by Crippen LogP contribution is -2.38. The third kappa shape index (κ3) is 7.17. The van der Waals surface area contributed by atoms with Gasteiger partial charge in [0.15, 0.2) is 22.7 Å². The number of esters is 1. The van der Waals surface area contributed by atoms with Crippen molar-refractivity contribution < 1.29 is 46.6 Å². The minimum absolute atomic E-state index is 0.0333. The van der Waals surface area contributed by atoms with Crippen molar-refractivity contribution >= 4 is 30.8 Å². The summed E-state index contributed by atoms with van der Waals surface area (Å²) in [5, 5.41) is 13.8. The highest BCUT2D eigenvalue weighted by molar-refractivity contribution is 7.51. The average molecular weight is 615 g/mol. The van der Waals surface area contributed by atoms with Crippen LogP contribution < -0.4 is 21.4 Å². The maximum Gasteiger partial charge on any atom is 0.519 e. The number of aromatic nitrogens is 4. The van der Waals surface area contributed by atoms with E-state index in [1.54, 1.807) is 32.3 Å². The Bertz CT molecular complexity index is 1530. The minimum Gasteiger partial charge on any atom is -0.479 e. The molecule has 17 nitrogen and oxygen atoms in total. The smallest absolute Gasteiger partial charge is 0.479 e. The molecule has 4 N–H and O–H groups in total. The molecule has 4 unspecified atom stereocenters. The Kier molecular flexibility index (Phi) is 9.11. The van der Waals surface area contributed by atoms with Crippen molar-refractivity contribution in [1.29, 1.82) is 0 Å². The molecule has 1 saturated heterocycles. The molecule has 1 aliphatic rings. The van der Waals surface area contributed by atoms with Crippen LogP contribution in [0.5, 0.6) is 5.88 Å². The van der Waals surface area contributed by atoms with Crippen molar-refractivity contribution in [2.24, 2.45) is 0 Å². The molecule has 0 radical (unpaired) electrons. The van der Waals surface area contributed by atoms with E-state index in [1.165, 1.54) is 20.4 Å². The van der Waals surface area contributed by atoms with Crippen molar-refractivity contribution in [2.75, 3.05) is 32.6 Å². The quantitative estimate of drug-likeness (QED) is 0.150. The molecule has 3 aromatic rings. The highest BCUT2D eigenvalue weighted by Gasteiger charge is 2.46. The van der Waals surface area contributed by atoms with E-state index in [9.17, 15) is 19.3 Å². The molecular formula is C24H35N6O11P. The van der Waals surface area contributed by atoms with Crippen LogP contribution in [-0.4, -0.2) is 69.2 Å². The monoisotopic (exact) mass is 614 g/mol. The first-order valence-electron chi connectivity index (χ1n) is 12.9. The van der Waals surface area contributed by atoms with Crippen molar-refractivity contribution in [3.05, 3.63) is 28.5 Å². The number of methoxy groups -OCH3 is 1. The van der Waals surface area contributed by atoms with Gasteiger partial charge in [-0.05, 0) is 6.92 Å². The summed E-state index contributed by atoms with van der Waals surface area (Å²) in [5.41, 5.74) is 4.44. The van der Waals surface area contributed by atoms with Crippen LogP contribution >= 0.6 is 7.75 Å². The van der Waals surface area contributed by atoms with E-state index in [0.717, 1.165) is 0 Å². The molecular weight excluding hydrogens is 579 g/mol. The number of nitrogens with one attached hydrogen (secondary N) is 1. The number of ether oxygens (including phenoxy) is 3. The predicted molar refractivity (Wildman–Crippen MR) is 144 cm³/mol. The Labute approximate surface area is 240 Å². The van der Waals surface area contributed by atoms with Crippen LogP contribution in [0.15, 0.2) is 20.0 Å². The number of nitrogens with two attached hydrogens (primary N) is 1. The van der Waals surface area contributed by atoms with Crippen molar-refractivity contribution in [2.45, 2.75) is 71.0 Å². The Morgan fingerprint density at radius 1 is 1.31 bits per heavy atom. The third-order valence-electron chi connectivity index (χ3n) is 6.31. The molecule has 0 amide bonds. The van der Waals surface area contributed by atoms with Crippen LogP contribution in [-0.2, 0) is 39.9 Å². The average Bonchev–Trinajstić information content (AvgIpc) is 3.57. The molecule has 18 heteroatoms. The van der Waals surface area contributed by atoms with E-state index >= 15 is 0 Å². The summed E-state index contributed by atoms with van der Waals surface area (Å²) >= 11 is 0. The number of aliphatic hydroxyl groups is 1. The summed E-state index contributed by atoms with van der Waals surface area (Å²) in [7, 11) is -2.74. The maximum atomic E-state index is 13.7. The van der Waals surface area contributed by atoms with Crippen LogP contribution in [0.3, 0.4) is 0 Å². The van der Waals surface area contributed by atoms with E-state index in [0.29, 0.717) is 11.2 Å². The van der Waals surface area contributed by atoms with Gasteiger partial charge < -0.3 is 33.9 Å². The van der Waals surface area contributed by atoms with Crippen LogP contribution in [0.1, 0.15) is 58.8 Å². The fourth-order valence-corrected chi connectivity index (χ4v) is 5.54. The Morgan fingerprint density at radius 2 is 2.05 bits per heavy atom. The molecule has 1 aliphatic heterocycles. The number of imidazole rings is 1. The second-order valence-corrected chi connectivity index (χ2v) is 12.7. The summed E-state index contributed by atoms with van der Waals surface area (Å²) < 4.78 is 53.0. The molecule has 4 atom stereocenters. The highest BCUT2D eigenvalue weighted by Crippen LogP contribution is 2.47. The Balaban J connectivity index is 1.50. The van der Waals surface area contributed by atoms with E-state index in [1.807, 2.05) is 0 Å². The van der Waals surface area contributed by atoms with Crippen molar-refractivity contribution in [3.8, 4) is 5.88 Å². The summed E-state index contributed by atoms with van der Waals surface area (Å²) in [4.78, 5) is 35.4. The molecule has 0 aromatic carbocycles. The number of fused-ring (bicyclic) bond motifs is 1. The molecule has 0 saturated carbocycles. The fraction of sp³-hybridized carbons (Fsp3) is 0.625. The zero-order valence-electron chi connectivity index (χ0n) is 24.1. The summed E-state index contributed by atoms with van der Waals surface area (Å²) in [6, 6.07) is 0. The summed E-state index contributed by atoms with van der Waals surface area (Å²) in [6.45, 7) is 7.14. The largest absolute Gasteiger partial charge is 0.519 e. The topological polar surface area (TPSA) is 226 Å². The lowest BCUT2D eigenvalue weighted by Gasteiger charge is -2.26. The molecule has 0 spiro atoms. The number of rotatable bonds is 12. The number of carbonyl (C=O) groups is 1. The van der Waals surface area contributed by atoms with Crippen LogP contribution in [0, 0.1) is 0 Å². The van der Waals surface area contributed by atoms with Crippen LogP contribution in [0.25, 0.3) is 11.2 Å². The van der Waals surface area contributed by atoms with Crippen molar-refractivity contribution in [1.82, 2.24) is 24.6 Å². The number of hydrogen-bond donors (Lipinski definition) is 3. The number of carbonyl (C=O) groups excluding carboxylic acids is 1. The van der Waals surface area contributed by atoms with E-state index in [-0.39, 0.29) is 49.5 Å². The van der Waals surface area contributed by atoms with E-state index in [4.69, 9.17) is 37.8 Å². The van der Waals surface area contributed by atoms with Gasteiger partial charge in [-0.15, -0.1) is 0 Å². The normalized spacial score (nSPS) is 22.4. The second kappa shape index (κ2) is 12.1. The predicted octanol–water partition coefficient (Wildman–Crippen LogP) is 1.79. The first-order valence-corrected chi connectivity index (χ1v) is 14.5. The molecule has 4 rings (SSSR count). The summed E-state index contributed by atoms with van der Waals surface area (Å²) in [6.07, 6.45) is -0.171. The second-order valence-electron chi connectivity index (χ2n) is 10.8. The van der Waals surface area contributed by atoms with Gasteiger partial charge in [0.2, 0.25) is 11.8 Å². The van der Waals surface area contributed by atoms with Gasteiger partial charge in [0, 0.05) is 25.3 Å². The molecule has 3 aromatic heterocycles. The molecule has 0 bridgehead atoms. The SMILES string of the molecule is COc1nc(N)nc2c1ncn2C1CC(C)(O)C(COP(=O)(NCCOC(C)=O)OCc2oc(=O)oc2C(C)(C)C)O1. The van der Waals surface area contributed by atoms with Gasteiger partial charge in [0.1, 0.15) is 25.5 Å². The number of anilines is 1. The summed E-state index contributed by atoms with van der Waals surface area (Å²) in [5.74, 6) is -1.06. The molecule has 0 aliphatic carbocycles. The lowest BCUT2D eigenvalue weighted by molar-refractivity contribution is -0.140. The molecule has 4 heterocycles. The van der Waals surface area contributed by atoms with Gasteiger partial charge in [0.05, 0.1) is 25.6 Å². The van der Waals surface area contributed by atoms with Crippen molar-refractivity contribution in [3.63, 3.8) is 0 Å². The molecule has 1 fully saturated rings. The van der Waals surface area contributed by atoms with Gasteiger partial charge in [-0.1, -0.05) is 20.8 Å². The van der Waals surface area contributed by atoms with Gasteiger partial charge in [-0.3, -0.25) is 18.4 Å². The molecule has 42 heavy (non-hydrogen) atoms. The lowest BCUT2D eigenvalue weighted by atomic mass is 9.92. The zero-order chi connectivity index (χ0) is 30.9. The minimum atomic E-state index is -4.16. The number of nitrogens with zero attached hydrogens (tertiary/aromatic N) is 4. The number of hydrogen-bond acceptors (Lipinski definition) is 15. The van der Waals surface area contributed by atoms with E-state index in [2.05, 4.69) is 20.0 Å².